The minimum absolute atomic E-state index is 0.766. The first-order chi connectivity index (χ1) is 19.9. The quantitative estimate of drug-likeness (QED) is 0.0807. The molecule has 0 N–H and O–H groups in total. The first kappa shape index (κ1) is 31.0. The van der Waals surface area contributed by atoms with Crippen molar-refractivity contribution < 1.29 is 14.0 Å². The molecule has 4 aromatic carbocycles. The van der Waals surface area contributed by atoms with Gasteiger partial charge in [0.05, 0.1) is 33.9 Å². The Morgan fingerprint density at radius 1 is 0.707 bits per heavy atom. The van der Waals surface area contributed by atoms with Gasteiger partial charge in [-0.3, -0.25) is 0 Å². The van der Waals surface area contributed by atoms with E-state index in [2.05, 4.69) is 105 Å². The zero-order chi connectivity index (χ0) is 29.2. The molecule has 0 aromatic heterocycles. The summed E-state index contributed by atoms with van der Waals surface area (Å²) < 4.78 is 14.7. The monoisotopic (exact) mass is 571 g/mol. The van der Waals surface area contributed by atoms with E-state index in [4.69, 9.17) is 9.47 Å². The third-order valence-electron chi connectivity index (χ3n) is 8.19. The minimum Gasteiger partial charge on any atom is -0.493 e. The Morgan fingerprint density at radius 3 is 2.10 bits per heavy atom. The molecule has 0 atom stereocenters. The van der Waals surface area contributed by atoms with E-state index in [0.29, 0.717) is 0 Å². The molecule has 0 saturated carbocycles. The van der Waals surface area contributed by atoms with Crippen molar-refractivity contribution in [3.8, 4) is 11.5 Å². The maximum atomic E-state index is 5.60. The van der Waals surface area contributed by atoms with E-state index in [9.17, 15) is 0 Å². The van der Waals surface area contributed by atoms with Crippen LogP contribution in [0.4, 0.5) is 0 Å². The van der Waals surface area contributed by atoms with Crippen LogP contribution in [0.15, 0.2) is 83.8 Å². The number of fused-ring (bicyclic) bond motifs is 1. The van der Waals surface area contributed by atoms with Gasteiger partial charge in [-0.15, -0.1) is 0 Å². The number of hydrogen-bond acceptors (Lipinski definition) is 4. The summed E-state index contributed by atoms with van der Waals surface area (Å²) in [5.41, 5.74) is 5.41. The number of aryl methyl sites for hydroxylation is 2. The maximum absolute atomic E-state index is 5.60. The number of ether oxygens (including phenoxy) is 2. The summed E-state index contributed by atoms with van der Waals surface area (Å²) in [7, 11) is 3.39. The molecular formula is C36H47N2O2S+. The highest BCUT2D eigenvalue weighted by Crippen LogP contribution is 2.32. The SMILES string of the molecule is CC[N+](CC)(CCCCN(Cc1ccc(OC)c(OC)c1)Sc1ccc2ccccc2c1)Cc1cc(C)cc(C)c1. The number of unbranched alkanes of at least 4 members (excludes halogenated alkanes) is 1. The number of methoxy groups -OCH3 is 2. The molecule has 218 valence electrons. The fraction of sp³-hybridized carbons (Fsp3) is 0.389. The molecule has 0 aliphatic carbocycles. The molecule has 4 nitrogen and oxygen atoms in total. The van der Waals surface area contributed by atoms with Gasteiger partial charge in [0.1, 0.15) is 6.54 Å². The zero-order valence-corrected chi connectivity index (χ0v) is 26.6. The fourth-order valence-corrected chi connectivity index (χ4v) is 6.88. The van der Waals surface area contributed by atoms with Gasteiger partial charge < -0.3 is 14.0 Å². The first-order valence-electron chi connectivity index (χ1n) is 14.9. The Balaban J connectivity index is 1.46. The van der Waals surface area contributed by atoms with Crippen molar-refractivity contribution in [2.24, 2.45) is 0 Å². The number of hydrogen-bond donors (Lipinski definition) is 0. The second kappa shape index (κ2) is 14.8. The standard InChI is InChI=1S/C36H47N2O2S/c1-7-38(8-2,27-31-22-28(3)21-29(4)23-31)20-12-11-19-37(26-30-15-18-35(39-5)36(24-30)40-6)41-34-17-16-32-13-9-10-14-33(32)25-34/h9-10,13-18,21-25H,7-8,11-12,19-20,26-27H2,1-6H3/q+1. The lowest BCUT2D eigenvalue weighted by Crippen LogP contribution is -2.47. The summed E-state index contributed by atoms with van der Waals surface area (Å²) in [6.07, 6.45) is 2.36. The Labute approximate surface area is 252 Å². The molecule has 4 aromatic rings. The van der Waals surface area contributed by atoms with E-state index in [1.165, 1.54) is 50.9 Å². The highest BCUT2D eigenvalue weighted by molar-refractivity contribution is 7.97. The van der Waals surface area contributed by atoms with Gasteiger partial charge in [0.2, 0.25) is 0 Å². The van der Waals surface area contributed by atoms with Crippen LogP contribution in [0.1, 0.15) is 48.9 Å². The molecule has 0 bridgehead atoms. The van der Waals surface area contributed by atoms with Crippen molar-refractivity contribution in [3.63, 3.8) is 0 Å². The number of benzene rings is 4. The lowest BCUT2D eigenvalue weighted by atomic mass is 10.1. The van der Waals surface area contributed by atoms with Crippen LogP contribution in [-0.2, 0) is 13.1 Å². The largest absolute Gasteiger partial charge is 0.493 e. The topological polar surface area (TPSA) is 21.7 Å². The predicted octanol–water partition coefficient (Wildman–Crippen LogP) is 8.82. The lowest BCUT2D eigenvalue weighted by Gasteiger charge is -2.37. The van der Waals surface area contributed by atoms with Crippen LogP contribution >= 0.6 is 11.9 Å². The van der Waals surface area contributed by atoms with Crippen molar-refractivity contribution in [1.29, 1.82) is 0 Å². The number of rotatable bonds is 15. The summed E-state index contributed by atoms with van der Waals surface area (Å²) in [4.78, 5) is 1.27. The van der Waals surface area contributed by atoms with Gasteiger partial charge in [-0.25, -0.2) is 4.31 Å². The van der Waals surface area contributed by atoms with Crippen molar-refractivity contribution >= 4 is 22.7 Å². The van der Waals surface area contributed by atoms with E-state index in [1.807, 2.05) is 18.0 Å². The van der Waals surface area contributed by atoms with E-state index >= 15 is 0 Å². The molecule has 0 spiro atoms. The summed E-state index contributed by atoms with van der Waals surface area (Å²) >= 11 is 1.85. The smallest absolute Gasteiger partial charge is 0.161 e. The average molecular weight is 572 g/mol. The van der Waals surface area contributed by atoms with Crippen LogP contribution in [0.25, 0.3) is 10.8 Å². The van der Waals surface area contributed by atoms with Crippen LogP contribution in [0.3, 0.4) is 0 Å². The first-order valence-corrected chi connectivity index (χ1v) is 15.7. The van der Waals surface area contributed by atoms with Crippen LogP contribution in [0.5, 0.6) is 11.5 Å². The molecule has 0 unspecified atom stereocenters. The molecule has 5 heteroatoms. The molecule has 4 rings (SSSR count). The van der Waals surface area contributed by atoms with Crippen LogP contribution in [0, 0.1) is 13.8 Å². The van der Waals surface area contributed by atoms with E-state index < -0.39 is 0 Å². The predicted molar refractivity (Wildman–Crippen MR) is 175 cm³/mol. The zero-order valence-electron chi connectivity index (χ0n) is 25.8. The molecule has 41 heavy (non-hydrogen) atoms. The summed E-state index contributed by atoms with van der Waals surface area (Å²) in [5, 5.41) is 2.56. The van der Waals surface area contributed by atoms with Crippen LogP contribution < -0.4 is 9.47 Å². The maximum Gasteiger partial charge on any atom is 0.161 e. The number of quaternary nitrogens is 1. The van der Waals surface area contributed by atoms with Crippen LogP contribution in [-0.4, -0.2) is 49.2 Å². The molecular weight excluding hydrogens is 524 g/mol. The Morgan fingerprint density at radius 2 is 1.41 bits per heavy atom. The molecule has 0 amide bonds. The Hall–Kier alpha value is -2.99. The lowest BCUT2D eigenvalue weighted by molar-refractivity contribution is -0.938. The van der Waals surface area contributed by atoms with Gasteiger partial charge >= 0.3 is 0 Å². The second-order valence-corrected chi connectivity index (χ2v) is 12.4. The Kier molecular flexibility index (Phi) is 11.1. The molecule has 0 saturated heterocycles. The van der Waals surface area contributed by atoms with Gasteiger partial charge in [-0.05, 0) is 93.1 Å². The summed E-state index contributed by atoms with van der Waals surface area (Å²) in [6.45, 7) is 15.6. The molecule has 0 fully saturated rings. The normalized spacial score (nSPS) is 11.8. The van der Waals surface area contributed by atoms with Gasteiger partial charge in [-0.2, -0.15) is 0 Å². The summed E-state index contributed by atoms with van der Waals surface area (Å²) in [6, 6.07) is 28.6. The highest BCUT2D eigenvalue weighted by Gasteiger charge is 2.24. The van der Waals surface area contributed by atoms with Crippen molar-refractivity contribution in [1.82, 2.24) is 4.31 Å². The van der Waals surface area contributed by atoms with Gasteiger partial charge in [0, 0.05) is 23.5 Å². The number of nitrogens with zero attached hydrogens (tertiary/aromatic N) is 2. The van der Waals surface area contributed by atoms with Crippen molar-refractivity contribution in [2.45, 2.75) is 58.5 Å². The van der Waals surface area contributed by atoms with Crippen LogP contribution in [0.2, 0.25) is 0 Å². The fourth-order valence-electron chi connectivity index (χ4n) is 5.84. The molecule has 0 aliphatic heterocycles. The Bertz CT molecular complexity index is 1400. The van der Waals surface area contributed by atoms with Gasteiger partial charge in [0.25, 0.3) is 0 Å². The third-order valence-corrected chi connectivity index (χ3v) is 9.23. The molecule has 0 heterocycles. The van der Waals surface area contributed by atoms with Gasteiger partial charge in [0.15, 0.2) is 11.5 Å². The van der Waals surface area contributed by atoms with Crippen molar-refractivity contribution in [2.75, 3.05) is 40.4 Å². The molecule has 0 radical (unpaired) electrons. The van der Waals surface area contributed by atoms with E-state index in [0.717, 1.165) is 55.1 Å². The average Bonchev–Trinajstić information content (AvgIpc) is 2.98. The van der Waals surface area contributed by atoms with E-state index in [1.54, 1.807) is 14.2 Å². The third kappa shape index (κ3) is 8.51. The second-order valence-electron chi connectivity index (χ2n) is 11.2. The highest BCUT2D eigenvalue weighted by atomic mass is 32.2. The molecule has 0 aliphatic rings. The van der Waals surface area contributed by atoms with E-state index in [-0.39, 0.29) is 0 Å². The van der Waals surface area contributed by atoms with Crippen molar-refractivity contribution in [3.05, 3.63) is 101 Å². The summed E-state index contributed by atoms with van der Waals surface area (Å²) in [5.74, 6) is 1.54. The van der Waals surface area contributed by atoms with Gasteiger partial charge in [-0.1, -0.05) is 65.7 Å². The minimum atomic E-state index is 0.766.